The predicted octanol–water partition coefficient (Wildman–Crippen LogP) is 6.14. The van der Waals surface area contributed by atoms with Gasteiger partial charge in [0.15, 0.2) is 7.51 Å². The summed E-state index contributed by atoms with van der Waals surface area (Å²) in [6.45, 7) is 14.0. The highest BCUT2D eigenvalue weighted by molar-refractivity contribution is 7.84. The lowest BCUT2D eigenvalue weighted by atomic mass is 9.81. The van der Waals surface area contributed by atoms with Crippen LogP contribution in [0.25, 0.3) is 0 Å². The minimum absolute atomic E-state index is 0.135. The molecule has 0 heterocycles. The van der Waals surface area contributed by atoms with Crippen molar-refractivity contribution in [1.82, 2.24) is 14.0 Å². The first kappa shape index (κ1) is 24.5. The second-order valence-corrected chi connectivity index (χ2v) is 11.0. The van der Waals surface area contributed by atoms with Crippen LogP contribution in [0.2, 0.25) is 0 Å². The average Bonchev–Trinajstić information content (AvgIpc) is 2.58. The fourth-order valence-corrected chi connectivity index (χ4v) is 9.40. The van der Waals surface area contributed by atoms with Gasteiger partial charge in [-0.3, -0.25) is 9.34 Å². The van der Waals surface area contributed by atoms with Crippen LogP contribution < -0.4 is 0 Å². The van der Waals surface area contributed by atoms with Crippen molar-refractivity contribution in [2.24, 2.45) is 4.15 Å². The summed E-state index contributed by atoms with van der Waals surface area (Å²) >= 11 is 4.57. The highest BCUT2D eigenvalue weighted by atomic mass is 32.1. The van der Waals surface area contributed by atoms with Gasteiger partial charge in [-0.1, -0.05) is 41.5 Å². The fourth-order valence-electron chi connectivity index (χ4n) is 4.39. The third kappa shape index (κ3) is 3.91. The SMILES string of the molecule is CCC(CC)(CC)N(C(CC)(CC)CC)P(=NS)(N(C)C)N(C)C. The zero-order chi connectivity index (χ0) is 19.2. The molecule has 0 N–H and O–H groups in total. The van der Waals surface area contributed by atoms with E-state index in [1.807, 2.05) is 0 Å². The van der Waals surface area contributed by atoms with Crippen LogP contribution in [0.1, 0.15) is 80.1 Å². The van der Waals surface area contributed by atoms with Gasteiger partial charge in [-0.2, -0.15) is 4.15 Å². The second-order valence-electron chi connectivity index (χ2n) is 7.20. The van der Waals surface area contributed by atoms with Crippen LogP contribution in [-0.2, 0) is 0 Å². The highest BCUT2D eigenvalue weighted by Crippen LogP contribution is 2.66. The summed E-state index contributed by atoms with van der Waals surface area (Å²) in [6.07, 6.45) is 6.80. The molecule has 0 atom stereocenters. The third-order valence-electron chi connectivity index (χ3n) is 6.31. The first-order valence-corrected chi connectivity index (χ1v) is 11.6. The Morgan fingerprint density at radius 2 is 0.917 bits per heavy atom. The lowest BCUT2D eigenvalue weighted by Gasteiger charge is -2.61. The molecular formula is C18H43N4PS. The molecule has 4 nitrogen and oxygen atoms in total. The van der Waals surface area contributed by atoms with Crippen molar-refractivity contribution in [2.75, 3.05) is 28.2 Å². The summed E-state index contributed by atoms with van der Waals surface area (Å²) in [5, 5.41) is 0. The molecular weight excluding hydrogens is 335 g/mol. The topological polar surface area (TPSA) is 22.1 Å². The van der Waals surface area contributed by atoms with Crippen LogP contribution in [0.15, 0.2) is 4.15 Å². The normalized spacial score (nSPS) is 14.1. The number of hydrogen-bond acceptors (Lipinski definition) is 1. The van der Waals surface area contributed by atoms with Crippen LogP contribution in [-0.4, -0.2) is 53.3 Å². The summed E-state index contributed by atoms with van der Waals surface area (Å²) in [7, 11) is 6.57. The monoisotopic (exact) mass is 378 g/mol. The van der Waals surface area contributed by atoms with Gasteiger partial charge in [-0.25, -0.2) is 4.67 Å². The van der Waals surface area contributed by atoms with Crippen LogP contribution in [0.4, 0.5) is 0 Å². The van der Waals surface area contributed by atoms with Crippen LogP contribution in [0.5, 0.6) is 0 Å². The van der Waals surface area contributed by atoms with E-state index in [9.17, 15) is 0 Å². The van der Waals surface area contributed by atoms with E-state index in [4.69, 9.17) is 4.15 Å². The van der Waals surface area contributed by atoms with E-state index < -0.39 is 7.51 Å². The maximum absolute atomic E-state index is 4.82. The maximum atomic E-state index is 4.82. The van der Waals surface area contributed by atoms with Crippen molar-refractivity contribution in [3.8, 4) is 0 Å². The van der Waals surface area contributed by atoms with Gasteiger partial charge in [-0.15, -0.1) is 0 Å². The minimum atomic E-state index is -2.08. The molecule has 6 heteroatoms. The fraction of sp³-hybridized carbons (Fsp3) is 1.00. The molecule has 0 saturated heterocycles. The zero-order valence-electron chi connectivity index (χ0n) is 17.9. The van der Waals surface area contributed by atoms with Gasteiger partial charge < -0.3 is 0 Å². The number of hydrogen-bond donors (Lipinski definition) is 1. The summed E-state index contributed by atoms with van der Waals surface area (Å²) in [4.78, 5) is 0. The predicted molar refractivity (Wildman–Crippen MR) is 115 cm³/mol. The van der Waals surface area contributed by atoms with E-state index in [0.717, 1.165) is 38.5 Å². The molecule has 0 unspecified atom stereocenters. The standard InChI is InChI=1S/C18H43N4PS/c1-11-17(12-2,13-3)22(18(14-4,15-5)16-6)23(19-24,20(7)8)21(9)10/h24H,11-16H2,1-10H3. The first-order chi connectivity index (χ1) is 11.2. The Bertz CT molecular complexity index is 367. The van der Waals surface area contributed by atoms with Crippen LogP contribution >= 0.6 is 20.3 Å². The minimum Gasteiger partial charge on any atom is -0.251 e. The smallest absolute Gasteiger partial charge is 0.179 e. The van der Waals surface area contributed by atoms with Gasteiger partial charge in [0.1, 0.15) is 0 Å². The van der Waals surface area contributed by atoms with Crippen LogP contribution in [0.3, 0.4) is 0 Å². The van der Waals surface area contributed by atoms with Gasteiger partial charge in [-0.05, 0) is 79.5 Å². The Kier molecular flexibility index (Phi) is 10.2. The van der Waals surface area contributed by atoms with E-state index >= 15 is 0 Å². The largest absolute Gasteiger partial charge is 0.251 e. The van der Waals surface area contributed by atoms with E-state index in [1.54, 1.807) is 0 Å². The molecule has 0 saturated carbocycles. The molecule has 0 aliphatic rings. The second kappa shape index (κ2) is 9.97. The Morgan fingerprint density at radius 1 is 0.667 bits per heavy atom. The van der Waals surface area contributed by atoms with E-state index in [1.165, 1.54) is 0 Å². The quantitative estimate of drug-likeness (QED) is 0.345. The van der Waals surface area contributed by atoms with Crippen molar-refractivity contribution < 1.29 is 0 Å². The number of nitrogens with zero attached hydrogens (tertiary/aromatic N) is 4. The molecule has 0 aromatic heterocycles. The molecule has 0 rings (SSSR count). The summed E-state index contributed by atoms with van der Waals surface area (Å²) in [5.74, 6) is 0. The molecule has 0 spiro atoms. The number of rotatable bonds is 11. The molecule has 0 aliphatic heterocycles. The Morgan fingerprint density at radius 3 is 1.04 bits per heavy atom. The molecule has 0 aromatic carbocycles. The molecule has 146 valence electrons. The highest BCUT2D eigenvalue weighted by Gasteiger charge is 2.52. The molecule has 0 aliphatic carbocycles. The van der Waals surface area contributed by atoms with Crippen LogP contribution in [0, 0.1) is 0 Å². The Labute approximate surface area is 158 Å². The Hall–Kier alpha value is 0.460. The van der Waals surface area contributed by atoms with E-state index in [0.29, 0.717) is 0 Å². The van der Waals surface area contributed by atoms with Crippen molar-refractivity contribution in [1.29, 1.82) is 0 Å². The van der Waals surface area contributed by atoms with E-state index in [-0.39, 0.29) is 11.1 Å². The summed E-state index contributed by atoms with van der Waals surface area (Å²) < 4.78 is 12.3. The van der Waals surface area contributed by atoms with E-state index in [2.05, 4.69) is 96.6 Å². The summed E-state index contributed by atoms with van der Waals surface area (Å²) in [5.41, 5.74) is 0.271. The zero-order valence-corrected chi connectivity index (χ0v) is 19.7. The van der Waals surface area contributed by atoms with Crippen molar-refractivity contribution in [2.45, 2.75) is 91.1 Å². The maximum Gasteiger partial charge on any atom is 0.179 e. The van der Waals surface area contributed by atoms with Gasteiger partial charge in [0, 0.05) is 11.1 Å². The molecule has 0 aromatic rings. The first-order valence-electron chi connectivity index (χ1n) is 9.60. The van der Waals surface area contributed by atoms with Crippen molar-refractivity contribution >= 4 is 20.3 Å². The molecule has 0 radical (unpaired) electrons. The lowest BCUT2D eigenvalue weighted by molar-refractivity contribution is 0.0321. The molecule has 0 bridgehead atoms. The lowest BCUT2D eigenvalue weighted by Crippen LogP contribution is -2.60. The number of thiol groups is 1. The third-order valence-corrected chi connectivity index (χ3v) is 10.8. The van der Waals surface area contributed by atoms with Gasteiger partial charge >= 0.3 is 0 Å². The molecule has 0 amide bonds. The molecule has 24 heavy (non-hydrogen) atoms. The Balaban J connectivity index is 6.98. The van der Waals surface area contributed by atoms with Crippen molar-refractivity contribution in [3.05, 3.63) is 0 Å². The molecule has 0 fully saturated rings. The summed E-state index contributed by atoms with van der Waals surface area (Å²) in [6, 6.07) is 0. The van der Waals surface area contributed by atoms with Crippen molar-refractivity contribution in [3.63, 3.8) is 0 Å². The van der Waals surface area contributed by atoms with Gasteiger partial charge in [0.05, 0.1) is 0 Å². The van der Waals surface area contributed by atoms with Gasteiger partial charge in [0.2, 0.25) is 0 Å². The van der Waals surface area contributed by atoms with Gasteiger partial charge in [0.25, 0.3) is 0 Å². The average molecular weight is 379 g/mol.